The molecular formula is C46H33N3. The first-order valence-electron chi connectivity index (χ1n) is 16.8. The van der Waals surface area contributed by atoms with Crippen molar-refractivity contribution in [3.05, 3.63) is 175 Å². The zero-order valence-corrected chi connectivity index (χ0v) is 27.4. The van der Waals surface area contributed by atoms with Crippen LogP contribution in [0, 0.1) is 0 Å². The van der Waals surface area contributed by atoms with Gasteiger partial charge in [-0.3, -0.25) is 0 Å². The quantitative estimate of drug-likeness (QED) is 0.191. The van der Waals surface area contributed by atoms with Crippen LogP contribution in [0.3, 0.4) is 0 Å². The van der Waals surface area contributed by atoms with E-state index in [1.807, 2.05) is 60.7 Å². The number of hydrogen-bond donors (Lipinski definition) is 0. The molecular weight excluding hydrogens is 595 g/mol. The number of benzene rings is 7. The molecule has 0 atom stereocenters. The Kier molecular flexibility index (Phi) is 6.80. The van der Waals surface area contributed by atoms with Crippen LogP contribution in [-0.2, 0) is 5.41 Å². The summed E-state index contributed by atoms with van der Waals surface area (Å²) in [6.07, 6.45) is 0. The Morgan fingerprint density at radius 2 is 0.898 bits per heavy atom. The van der Waals surface area contributed by atoms with Gasteiger partial charge in [-0.25, -0.2) is 15.0 Å². The zero-order chi connectivity index (χ0) is 33.0. The molecule has 49 heavy (non-hydrogen) atoms. The number of hydrogen-bond acceptors (Lipinski definition) is 3. The van der Waals surface area contributed by atoms with Crippen LogP contribution in [0.5, 0.6) is 0 Å². The summed E-state index contributed by atoms with van der Waals surface area (Å²) in [7, 11) is 0. The van der Waals surface area contributed by atoms with Gasteiger partial charge in [-0.1, -0.05) is 166 Å². The number of nitrogens with zero attached hydrogens (tertiary/aromatic N) is 3. The topological polar surface area (TPSA) is 38.7 Å². The van der Waals surface area contributed by atoms with E-state index in [1.54, 1.807) is 0 Å². The summed E-state index contributed by atoms with van der Waals surface area (Å²) in [6, 6.07) is 57.9. The fourth-order valence-electron chi connectivity index (χ4n) is 7.42. The molecule has 0 amide bonds. The van der Waals surface area contributed by atoms with E-state index in [9.17, 15) is 0 Å². The molecule has 0 aliphatic heterocycles. The maximum Gasteiger partial charge on any atom is 0.164 e. The minimum absolute atomic E-state index is 0.106. The van der Waals surface area contributed by atoms with Crippen molar-refractivity contribution in [2.75, 3.05) is 0 Å². The third-order valence-electron chi connectivity index (χ3n) is 9.93. The third-order valence-corrected chi connectivity index (χ3v) is 9.93. The van der Waals surface area contributed by atoms with Crippen LogP contribution in [0.1, 0.15) is 25.0 Å². The first-order valence-corrected chi connectivity index (χ1v) is 16.8. The number of rotatable bonds is 5. The van der Waals surface area contributed by atoms with Gasteiger partial charge in [0, 0.05) is 22.1 Å². The third kappa shape index (κ3) is 4.94. The Bertz CT molecular complexity index is 2460. The lowest BCUT2D eigenvalue weighted by Crippen LogP contribution is -2.15. The van der Waals surface area contributed by atoms with Gasteiger partial charge in [0.15, 0.2) is 17.5 Å². The Hall–Kier alpha value is -6.19. The van der Waals surface area contributed by atoms with Gasteiger partial charge in [-0.15, -0.1) is 0 Å². The molecule has 0 spiro atoms. The molecule has 0 radical (unpaired) electrons. The molecule has 0 bridgehead atoms. The van der Waals surface area contributed by atoms with E-state index in [-0.39, 0.29) is 5.41 Å². The van der Waals surface area contributed by atoms with E-state index in [0.29, 0.717) is 17.5 Å². The van der Waals surface area contributed by atoms with E-state index >= 15 is 0 Å². The van der Waals surface area contributed by atoms with Gasteiger partial charge in [-0.05, 0) is 67.4 Å². The maximum atomic E-state index is 4.99. The summed E-state index contributed by atoms with van der Waals surface area (Å²) in [4.78, 5) is 14.9. The predicted molar refractivity (Wildman–Crippen MR) is 202 cm³/mol. The molecule has 232 valence electrons. The van der Waals surface area contributed by atoms with Gasteiger partial charge < -0.3 is 0 Å². The van der Waals surface area contributed by atoms with Crippen LogP contribution in [0.15, 0.2) is 164 Å². The summed E-state index contributed by atoms with van der Waals surface area (Å²) >= 11 is 0. The Morgan fingerprint density at radius 3 is 1.57 bits per heavy atom. The first-order chi connectivity index (χ1) is 24.0. The van der Waals surface area contributed by atoms with Crippen LogP contribution in [0.25, 0.3) is 78.3 Å². The minimum atomic E-state index is -0.106. The summed E-state index contributed by atoms with van der Waals surface area (Å²) in [5, 5.41) is 2.60. The Balaban J connectivity index is 1.15. The molecule has 3 nitrogen and oxygen atoms in total. The van der Waals surface area contributed by atoms with E-state index in [2.05, 4.69) is 117 Å². The van der Waals surface area contributed by atoms with Crippen LogP contribution in [-0.4, -0.2) is 15.0 Å². The Labute approximate surface area is 286 Å². The van der Waals surface area contributed by atoms with Crippen molar-refractivity contribution >= 4 is 10.8 Å². The first kappa shape index (κ1) is 29.0. The largest absolute Gasteiger partial charge is 0.208 e. The summed E-state index contributed by atoms with van der Waals surface area (Å²) in [5.41, 5.74) is 12.9. The second-order valence-corrected chi connectivity index (χ2v) is 13.3. The van der Waals surface area contributed by atoms with Crippen molar-refractivity contribution in [2.24, 2.45) is 0 Å². The fourth-order valence-corrected chi connectivity index (χ4v) is 7.42. The molecule has 0 N–H and O–H groups in total. The molecule has 0 saturated heterocycles. The van der Waals surface area contributed by atoms with Crippen molar-refractivity contribution in [2.45, 2.75) is 19.3 Å². The highest BCUT2D eigenvalue weighted by Crippen LogP contribution is 2.52. The van der Waals surface area contributed by atoms with E-state index in [4.69, 9.17) is 15.0 Å². The number of aromatic nitrogens is 3. The van der Waals surface area contributed by atoms with Crippen molar-refractivity contribution in [1.82, 2.24) is 15.0 Å². The van der Waals surface area contributed by atoms with Crippen LogP contribution in [0.4, 0.5) is 0 Å². The van der Waals surface area contributed by atoms with Crippen molar-refractivity contribution in [3.63, 3.8) is 0 Å². The normalized spacial score (nSPS) is 12.9. The highest BCUT2D eigenvalue weighted by molar-refractivity contribution is 6.03. The molecule has 0 fully saturated rings. The average molecular weight is 628 g/mol. The smallest absolute Gasteiger partial charge is 0.164 e. The Morgan fingerprint density at radius 1 is 0.367 bits per heavy atom. The summed E-state index contributed by atoms with van der Waals surface area (Å²) < 4.78 is 0. The monoisotopic (exact) mass is 627 g/mol. The lowest BCUT2D eigenvalue weighted by Gasteiger charge is -2.22. The lowest BCUT2D eigenvalue weighted by atomic mass is 9.81. The maximum absolute atomic E-state index is 4.99. The fraction of sp³-hybridized carbons (Fsp3) is 0.0652. The standard InChI is InChI=1S/C46H33N3/c1-46(2)40-27-25-30-14-9-10-23-38(30)42(40)39-26-24-34(29-41(39)46)37-22-12-11-21-36(37)33-19-13-20-35(28-33)45-48-43(31-15-5-3-6-16-31)47-44(49-45)32-17-7-4-8-18-32/h3-29H,1-2H3. The molecule has 1 aliphatic carbocycles. The molecule has 1 heterocycles. The van der Waals surface area contributed by atoms with Crippen molar-refractivity contribution < 1.29 is 0 Å². The lowest BCUT2D eigenvalue weighted by molar-refractivity contribution is 0.661. The second-order valence-electron chi connectivity index (χ2n) is 13.3. The molecule has 8 aromatic rings. The van der Waals surface area contributed by atoms with Crippen molar-refractivity contribution in [3.8, 4) is 67.5 Å². The molecule has 1 aliphatic rings. The molecule has 9 rings (SSSR count). The SMILES string of the molecule is CC1(C)c2cc(-c3ccccc3-c3cccc(-c4nc(-c5ccccc5)nc(-c5ccccc5)n4)c3)ccc2-c2c1ccc1ccccc21. The van der Waals surface area contributed by atoms with E-state index in [1.165, 1.54) is 49.7 Å². The second kappa shape index (κ2) is 11.5. The molecule has 3 heteroatoms. The minimum Gasteiger partial charge on any atom is -0.208 e. The summed E-state index contributed by atoms with van der Waals surface area (Å²) in [6.45, 7) is 4.71. The highest BCUT2D eigenvalue weighted by atomic mass is 15.0. The highest BCUT2D eigenvalue weighted by Gasteiger charge is 2.36. The van der Waals surface area contributed by atoms with Crippen molar-refractivity contribution in [1.29, 1.82) is 0 Å². The molecule has 0 unspecified atom stereocenters. The zero-order valence-electron chi connectivity index (χ0n) is 27.4. The molecule has 1 aromatic heterocycles. The predicted octanol–water partition coefficient (Wildman–Crippen LogP) is 11.7. The van der Waals surface area contributed by atoms with Gasteiger partial charge in [0.05, 0.1) is 0 Å². The van der Waals surface area contributed by atoms with Gasteiger partial charge >= 0.3 is 0 Å². The van der Waals surface area contributed by atoms with E-state index in [0.717, 1.165) is 22.3 Å². The van der Waals surface area contributed by atoms with Crippen LogP contribution >= 0.6 is 0 Å². The number of fused-ring (bicyclic) bond motifs is 5. The van der Waals surface area contributed by atoms with Gasteiger partial charge in [0.25, 0.3) is 0 Å². The van der Waals surface area contributed by atoms with Gasteiger partial charge in [0.1, 0.15) is 0 Å². The molecule has 0 saturated carbocycles. The average Bonchev–Trinajstić information content (AvgIpc) is 3.41. The van der Waals surface area contributed by atoms with Crippen LogP contribution < -0.4 is 0 Å². The van der Waals surface area contributed by atoms with Gasteiger partial charge in [0.2, 0.25) is 0 Å². The van der Waals surface area contributed by atoms with E-state index < -0.39 is 0 Å². The van der Waals surface area contributed by atoms with Crippen LogP contribution in [0.2, 0.25) is 0 Å². The molecule has 7 aromatic carbocycles. The van der Waals surface area contributed by atoms with Gasteiger partial charge in [-0.2, -0.15) is 0 Å². The summed E-state index contributed by atoms with van der Waals surface area (Å²) in [5.74, 6) is 1.96.